The number of benzene rings is 1. The first kappa shape index (κ1) is 16.4. The summed E-state index contributed by atoms with van der Waals surface area (Å²) in [5, 5.41) is 0. The fourth-order valence-corrected chi connectivity index (χ4v) is 3.16. The number of hydrogen-bond donors (Lipinski definition) is 1. The minimum Gasteiger partial charge on any atom is -0.347 e. The lowest BCUT2D eigenvalue weighted by molar-refractivity contribution is -0.130. The van der Waals surface area contributed by atoms with E-state index in [4.69, 9.17) is 10.7 Å². The van der Waals surface area contributed by atoms with Crippen LogP contribution in [0.5, 0.6) is 0 Å². The Morgan fingerprint density at radius 2 is 2.08 bits per heavy atom. The molecule has 1 amide bonds. The lowest BCUT2D eigenvalue weighted by atomic mass is 10.00. The third kappa shape index (κ3) is 3.10. The molecule has 1 fully saturated rings. The van der Waals surface area contributed by atoms with Crippen LogP contribution in [0.4, 0.5) is 5.95 Å². The lowest BCUT2D eigenvalue weighted by Crippen LogP contribution is -2.36. The van der Waals surface area contributed by atoms with Crippen molar-refractivity contribution in [1.82, 2.24) is 14.9 Å². The van der Waals surface area contributed by atoms with E-state index in [1.807, 2.05) is 60.4 Å². The number of carbonyl (C=O) groups excluding carboxylic acids is 1. The van der Waals surface area contributed by atoms with Crippen LogP contribution in [-0.2, 0) is 4.79 Å². The minimum atomic E-state index is -0.0436. The smallest absolute Gasteiger partial charge is 0.236 e. The summed E-state index contributed by atoms with van der Waals surface area (Å²) in [5.41, 5.74) is 8.52. The highest BCUT2D eigenvalue weighted by atomic mass is 16.2. The number of aromatic nitrogens is 2. The van der Waals surface area contributed by atoms with Crippen molar-refractivity contribution in [2.24, 2.45) is 5.73 Å². The van der Waals surface area contributed by atoms with Gasteiger partial charge in [0.25, 0.3) is 0 Å². The summed E-state index contributed by atoms with van der Waals surface area (Å²) in [7, 11) is 3.83. The molecule has 2 N–H and O–H groups in total. The largest absolute Gasteiger partial charge is 0.347 e. The molecule has 2 heterocycles. The Kier molecular flexibility index (Phi) is 4.76. The Labute approximate surface area is 142 Å². The first-order valence-corrected chi connectivity index (χ1v) is 8.21. The first-order valence-electron chi connectivity index (χ1n) is 8.21. The molecule has 24 heavy (non-hydrogen) atoms. The Morgan fingerprint density at radius 1 is 1.33 bits per heavy atom. The van der Waals surface area contributed by atoms with E-state index in [1.165, 1.54) is 0 Å². The maximum Gasteiger partial charge on any atom is 0.236 e. The van der Waals surface area contributed by atoms with Crippen LogP contribution >= 0.6 is 0 Å². The van der Waals surface area contributed by atoms with Gasteiger partial charge in [-0.25, -0.2) is 9.97 Å². The maximum atomic E-state index is 12.2. The van der Waals surface area contributed by atoms with Crippen LogP contribution in [0, 0.1) is 0 Å². The normalized spacial score (nSPS) is 17.1. The van der Waals surface area contributed by atoms with Crippen LogP contribution in [0.25, 0.3) is 11.1 Å². The minimum absolute atomic E-state index is 0.0264. The molecular weight excluding hydrogens is 302 g/mol. The predicted octanol–water partition coefficient (Wildman–Crippen LogP) is 1.83. The number of rotatable bonds is 4. The topological polar surface area (TPSA) is 75.4 Å². The third-order valence-electron chi connectivity index (χ3n) is 4.35. The third-order valence-corrected chi connectivity index (χ3v) is 4.35. The molecule has 2 aromatic rings. The number of nitrogens with zero attached hydrogens (tertiary/aromatic N) is 4. The van der Waals surface area contributed by atoms with Crippen molar-refractivity contribution in [2.75, 3.05) is 32.1 Å². The van der Waals surface area contributed by atoms with Crippen LogP contribution in [0.2, 0.25) is 0 Å². The lowest BCUT2D eigenvalue weighted by Gasteiger charge is -2.26. The molecule has 0 radical (unpaired) electrons. The van der Waals surface area contributed by atoms with Crippen LogP contribution in [0.1, 0.15) is 24.6 Å². The molecule has 0 aliphatic carbocycles. The highest BCUT2D eigenvalue weighted by Gasteiger charge is 2.32. The second kappa shape index (κ2) is 6.97. The first-order chi connectivity index (χ1) is 11.6. The predicted molar refractivity (Wildman–Crippen MR) is 94.5 cm³/mol. The van der Waals surface area contributed by atoms with E-state index in [-0.39, 0.29) is 18.5 Å². The zero-order valence-corrected chi connectivity index (χ0v) is 14.1. The second-order valence-electron chi connectivity index (χ2n) is 6.18. The van der Waals surface area contributed by atoms with Crippen molar-refractivity contribution in [1.29, 1.82) is 0 Å². The van der Waals surface area contributed by atoms with Gasteiger partial charge in [0.15, 0.2) is 0 Å². The number of nitrogens with two attached hydrogens (primary N) is 1. The molecule has 0 spiro atoms. The zero-order valence-electron chi connectivity index (χ0n) is 14.1. The van der Waals surface area contributed by atoms with Gasteiger partial charge in [0, 0.05) is 32.4 Å². The Balaban J connectivity index is 2.09. The molecular formula is C18H23N5O. The molecule has 1 aliphatic heterocycles. The number of anilines is 1. The van der Waals surface area contributed by atoms with Gasteiger partial charge in [-0.15, -0.1) is 0 Å². The number of likely N-dealkylation sites (tertiary alicyclic amines) is 1. The van der Waals surface area contributed by atoms with Gasteiger partial charge in [-0.05, 0) is 18.4 Å². The standard InChI is InChI=1S/C18H23N5O/c1-22(2)18-20-12-14(13-7-4-3-5-8-13)17(21-18)15-9-6-10-23(15)16(24)11-19/h3-5,7-8,12,15H,6,9-11,19H2,1-2H3. The quantitative estimate of drug-likeness (QED) is 0.928. The van der Waals surface area contributed by atoms with Gasteiger partial charge in [-0.3, -0.25) is 4.79 Å². The summed E-state index contributed by atoms with van der Waals surface area (Å²) < 4.78 is 0. The highest BCUT2D eigenvalue weighted by molar-refractivity contribution is 5.79. The van der Waals surface area contributed by atoms with E-state index in [0.29, 0.717) is 5.95 Å². The summed E-state index contributed by atoms with van der Waals surface area (Å²) >= 11 is 0. The van der Waals surface area contributed by atoms with Gasteiger partial charge >= 0.3 is 0 Å². The van der Waals surface area contributed by atoms with Crippen molar-refractivity contribution in [3.8, 4) is 11.1 Å². The van der Waals surface area contributed by atoms with Crippen LogP contribution in [0.3, 0.4) is 0 Å². The Morgan fingerprint density at radius 3 is 2.75 bits per heavy atom. The molecule has 1 aromatic carbocycles. The highest BCUT2D eigenvalue weighted by Crippen LogP contribution is 2.36. The fourth-order valence-electron chi connectivity index (χ4n) is 3.16. The number of amides is 1. The zero-order chi connectivity index (χ0) is 17.1. The van der Waals surface area contributed by atoms with Crippen molar-refractivity contribution < 1.29 is 4.79 Å². The summed E-state index contributed by atoms with van der Waals surface area (Å²) in [4.78, 5) is 25.2. The molecule has 1 atom stereocenters. The molecule has 0 bridgehead atoms. The van der Waals surface area contributed by atoms with E-state index in [1.54, 1.807) is 0 Å². The average Bonchev–Trinajstić information content (AvgIpc) is 3.10. The molecule has 6 nitrogen and oxygen atoms in total. The Bertz CT molecular complexity index is 717. The molecule has 1 aliphatic rings. The van der Waals surface area contributed by atoms with E-state index < -0.39 is 0 Å². The van der Waals surface area contributed by atoms with Gasteiger partial charge in [-0.1, -0.05) is 30.3 Å². The van der Waals surface area contributed by atoms with Crippen molar-refractivity contribution >= 4 is 11.9 Å². The number of hydrogen-bond acceptors (Lipinski definition) is 5. The van der Waals surface area contributed by atoms with E-state index in [9.17, 15) is 4.79 Å². The van der Waals surface area contributed by atoms with E-state index in [0.717, 1.165) is 36.2 Å². The summed E-state index contributed by atoms with van der Waals surface area (Å²) in [6.07, 6.45) is 3.72. The van der Waals surface area contributed by atoms with Gasteiger partial charge in [0.05, 0.1) is 18.3 Å². The van der Waals surface area contributed by atoms with Crippen LogP contribution in [-0.4, -0.2) is 48.0 Å². The SMILES string of the molecule is CN(C)c1ncc(-c2ccccc2)c(C2CCCN2C(=O)CN)n1. The number of carbonyl (C=O) groups is 1. The second-order valence-corrected chi connectivity index (χ2v) is 6.18. The molecule has 6 heteroatoms. The fraction of sp³-hybridized carbons (Fsp3) is 0.389. The van der Waals surface area contributed by atoms with Gasteiger partial charge in [0.1, 0.15) is 0 Å². The average molecular weight is 325 g/mol. The molecule has 1 unspecified atom stereocenters. The molecule has 1 saturated heterocycles. The molecule has 3 rings (SSSR count). The summed E-state index contributed by atoms with van der Waals surface area (Å²) in [6, 6.07) is 10.0. The molecule has 1 aromatic heterocycles. The van der Waals surface area contributed by atoms with Crippen molar-refractivity contribution in [2.45, 2.75) is 18.9 Å². The molecule has 126 valence electrons. The summed E-state index contributed by atoms with van der Waals surface area (Å²) in [6.45, 7) is 0.763. The van der Waals surface area contributed by atoms with Crippen LogP contribution < -0.4 is 10.6 Å². The van der Waals surface area contributed by atoms with Gasteiger partial charge in [-0.2, -0.15) is 0 Å². The summed E-state index contributed by atoms with van der Waals surface area (Å²) in [5.74, 6) is 0.623. The maximum absolute atomic E-state index is 12.2. The van der Waals surface area contributed by atoms with E-state index in [2.05, 4.69) is 4.98 Å². The van der Waals surface area contributed by atoms with Crippen molar-refractivity contribution in [3.63, 3.8) is 0 Å². The monoisotopic (exact) mass is 325 g/mol. The van der Waals surface area contributed by atoms with Crippen LogP contribution in [0.15, 0.2) is 36.5 Å². The Hall–Kier alpha value is -2.47. The van der Waals surface area contributed by atoms with Gasteiger partial charge in [0.2, 0.25) is 11.9 Å². The van der Waals surface area contributed by atoms with Crippen molar-refractivity contribution in [3.05, 3.63) is 42.2 Å². The van der Waals surface area contributed by atoms with E-state index >= 15 is 0 Å². The molecule has 0 saturated carbocycles. The van der Waals surface area contributed by atoms with Gasteiger partial charge < -0.3 is 15.5 Å².